The first kappa shape index (κ1) is 18.7. The summed E-state index contributed by atoms with van der Waals surface area (Å²) in [6.07, 6.45) is 0. The Kier molecular flexibility index (Phi) is 5.58. The zero-order valence-electron chi connectivity index (χ0n) is 14.8. The summed E-state index contributed by atoms with van der Waals surface area (Å²) < 4.78 is 11.9. The number of carbonyl (C=O) groups is 1. The van der Waals surface area contributed by atoms with E-state index in [4.69, 9.17) is 9.47 Å². The highest BCUT2D eigenvalue weighted by Gasteiger charge is 2.33. The van der Waals surface area contributed by atoms with Crippen LogP contribution in [0.15, 0.2) is 35.1 Å². The Bertz CT molecular complexity index is 809. The van der Waals surface area contributed by atoms with Crippen molar-refractivity contribution in [1.82, 2.24) is 9.55 Å². The molecule has 0 aliphatic rings. The van der Waals surface area contributed by atoms with Crippen molar-refractivity contribution in [2.24, 2.45) is 7.05 Å². The molecular formula is C18H22N2O5. The predicted molar refractivity (Wildman–Crippen MR) is 91.2 cm³/mol. The van der Waals surface area contributed by atoms with E-state index in [0.717, 1.165) is 0 Å². The Morgan fingerprint density at radius 3 is 2.56 bits per heavy atom. The number of carbonyl (C=O) groups excluding carboxylic acids is 1. The maximum atomic E-state index is 11.8. The number of hydrogen-bond acceptors (Lipinski definition) is 6. The molecule has 2 aromatic rings. The van der Waals surface area contributed by atoms with Crippen LogP contribution in [0.2, 0.25) is 0 Å². The third-order valence-corrected chi connectivity index (χ3v) is 3.81. The van der Waals surface area contributed by atoms with Gasteiger partial charge in [0.05, 0.1) is 6.61 Å². The lowest BCUT2D eigenvalue weighted by Crippen LogP contribution is -2.34. The minimum absolute atomic E-state index is 0.126. The van der Waals surface area contributed by atoms with Crippen molar-refractivity contribution in [3.63, 3.8) is 0 Å². The predicted octanol–water partition coefficient (Wildman–Crippen LogP) is 1.44. The molecule has 1 N–H and O–H groups in total. The fourth-order valence-corrected chi connectivity index (χ4v) is 2.26. The van der Waals surface area contributed by atoms with Crippen LogP contribution in [0.4, 0.5) is 0 Å². The van der Waals surface area contributed by atoms with E-state index < -0.39 is 11.6 Å². The maximum Gasteiger partial charge on any atom is 0.342 e. The Morgan fingerprint density at radius 1 is 1.32 bits per heavy atom. The Hall–Kier alpha value is -2.67. The van der Waals surface area contributed by atoms with Crippen molar-refractivity contribution in [2.75, 3.05) is 6.61 Å². The number of aromatic nitrogens is 2. The van der Waals surface area contributed by atoms with Crippen LogP contribution >= 0.6 is 0 Å². The van der Waals surface area contributed by atoms with Gasteiger partial charge in [0.25, 0.3) is 5.56 Å². The Morgan fingerprint density at radius 2 is 1.96 bits per heavy atom. The lowest BCUT2D eigenvalue weighted by Gasteiger charge is -2.21. The molecule has 7 heteroatoms. The molecule has 0 amide bonds. The third-order valence-electron chi connectivity index (χ3n) is 3.81. The van der Waals surface area contributed by atoms with Gasteiger partial charge in [-0.05, 0) is 38.5 Å². The molecular weight excluding hydrogens is 324 g/mol. The monoisotopic (exact) mass is 346 g/mol. The second kappa shape index (κ2) is 7.48. The van der Waals surface area contributed by atoms with Crippen LogP contribution in [-0.2, 0) is 28.8 Å². The number of aliphatic hydroxyl groups is 1. The molecule has 0 spiro atoms. The average molecular weight is 346 g/mol. The summed E-state index contributed by atoms with van der Waals surface area (Å²) in [6, 6.07) is 7.91. The summed E-state index contributed by atoms with van der Waals surface area (Å²) in [4.78, 5) is 27.8. The van der Waals surface area contributed by atoms with Gasteiger partial charge in [0, 0.05) is 18.8 Å². The highest BCUT2D eigenvalue weighted by Crippen LogP contribution is 2.24. The molecule has 7 nitrogen and oxygen atoms in total. The van der Waals surface area contributed by atoms with E-state index in [9.17, 15) is 14.7 Å². The van der Waals surface area contributed by atoms with Gasteiger partial charge in [0.15, 0.2) is 5.60 Å². The number of benzene rings is 1. The van der Waals surface area contributed by atoms with Gasteiger partial charge in [-0.1, -0.05) is 12.1 Å². The van der Waals surface area contributed by atoms with Gasteiger partial charge >= 0.3 is 5.97 Å². The molecule has 134 valence electrons. The lowest BCUT2D eigenvalue weighted by molar-refractivity contribution is -0.164. The molecule has 1 aromatic heterocycles. The number of hydrogen-bond donors (Lipinski definition) is 1. The summed E-state index contributed by atoms with van der Waals surface area (Å²) in [5.74, 6) is 0.328. The van der Waals surface area contributed by atoms with Crippen LogP contribution in [0.1, 0.15) is 30.9 Å². The number of esters is 1. The van der Waals surface area contributed by atoms with Gasteiger partial charge in [-0.15, -0.1) is 0 Å². The molecule has 0 saturated carbocycles. The standard InChI is InChI=1S/C18H22N2O5/c1-5-24-17(22)18(3,23)13-6-8-14(9-7-13)25-11-15-19-12(2)10-16(21)20(15)4/h6-10,23H,5,11H2,1-4H3. The van der Waals surface area contributed by atoms with Crippen molar-refractivity contribution in [2.45, 2.75) is 33.0 Å². The van der Waals surface area contributed by atoms with Gasteiger partial charge in [0.1, 0.15) is 18.2 Å². The smallest absolute Gasteiger partial charge is 0.342 e. The van der Waals surface area contributed by atoms with E-state index in [1.165, 1.54) is 17.6 Å². The Balaban J connectivity index is 2.11. The zero-order valence-corrected chi connectivity index (χ0v) is 14.8. The maximum absolute atomic E-state index is 11.8. The highest BCUT2D eigenvalue weighted by atomic mass is 16.5. The molecule has 0 radical (unpaired) electrons. The van der Waals surface area contributed by atoms with Crippen LogP contribution in [0, 0.1) is 6.92 Å². The molecule has 1 atom stereocenters. The van der Waals surface area contributed by atoms with E-state index in [2.05, 4.69) is 4.98 Å². The molecule has 0 aliphatic carbocycles. The van der Waals surface area contributed by atoms with Gasteiger partial charge in [-0.2, -0.15) is 0 Å². The second-order valence-corrected chi connectivity index (χ2v) is 5.82. The summed E-state index contributed by atoms with van der Waals surface area (Å²) in [6.45, 7) is 5.13. The van der Waals surface area contributed by atoms with Crippen LogP contribution < -0.4 is 10.3 Å². The van der Waals surface area contributed by atoms with E-state index >= 15 is 0 Å². The average Bonchev–Trinajstić information content (AvgIpc) is 2.57. The molecule has 25 heavy (non-hydrogen) atoms. The molecule has 2 rings (SSSR count). The Labute approximate surface area is 145 Å². The molecule has 0 fully saturated rings. The van der Waals surface area contributed by atoms with E-state index in [1.54, 1.807) is 45.2 Å². The van der Waals surface area contributed by atoms with Gasteiger partial charge in [0.2, 0.25) is 0 Å². The second-order valence-electron chi connectivity index (χ2n) is 5.82. The van der Waals surface area contributed by atoms with E-state index in [1.807, 2.05) is 0 Å². The largest absolute Gasteiger partial charge is 0.486 e. The van der Waals surface area contributed by atoms with E-state index in [-0.39, 0.29) is 18.8 Å². The fraction of sp³-hybridized carbons (Fsp3) is 0.389. The number of aryl methyl sites for hydroxylation is 1. The van der Waals surface area contributed by atoms with Crippen molar-refractivity contribution < 1.29 is 19.4 Å². The minimum atomic E-state index is -1.73. The van der Waals surface area contributed by atoms with Gasteiger partial charge in [-0.3, -0.25) is 9.36 Å². The SMILES string of the molecule is CCOC(=O)C(C)(O)c1ccc(OCc2nc(C)cc(=O)n2C)cc1. The molecule has 1 heterocycles. The molecule has 1 unspecified atom stereocenters. The number of ether oxygens (including phenoxy) is 2. The fourth-order valence-electron chi connectivity index (χ4n) is 2.26. The summed E-state index contributed by atoms with van der Waals surface area (Å²) in [5, 5.41) is 10.3. The first-order valence-corrected chi connectivity index (χ1v) is 7.92. The van der Waals surface area contributed by atoms with Crippen LogP contribution in [0.25, 0.3) is 0 Å². The molecule has 0 bridgehead atoms. The quantitative estimate of drug-likeness (QED) is 0.796. The zero-order chi connectivity index (χ0) is 18.6. The molecule has 1 aromatic carbocycles. The van der Waals surface area contributed by atoms with Crippen molar-refractivity contribution >= 4 is 5.97 Å². The number of rotatable bonds is 6. The topological polar surface area (TPSA) is 90.7 Å². The van der Waals surface area contributed by atoms with Gasteiger partial charge < -0.3 is 14.6 Å². The third kappa shape index (κ3) is 4.24. The van der Waals surface area contributed by atoms with Crippen molar-refractivity contribution in [3.05, 3.63) is 57.8 Å². The lowest BCUT2D eigenvalue weighted by atomic mass is 9.96. The van der Waals surface area contributed by atoms with Crippen molar-refractivity contribution in [3.8, 4) is 5.75 Å². The summed E-state index contributed by atoms with van der Waals surface area (Å²) >= 11 is 0. The van der Waals surface area contributed by atoms with Crippen LogP contribution in [0.3, 0.4) is 0 Å². The number of nitrogens with zero attached hydrogens (tertiary/aromatic N) is 2. The summed E-state index contributed by atoms with van der Waals surface area (Å²) in [7, 11) is 1.63. The summed E-state index contributed by atoms with van der Waals surface area (Å²) in [5.41, 5.74) is -0.842. The first-order chi connectivity index (χ1) is 11.8. The highest BCUT2D eigenvalue weighted by molar-refractivity contribution is 5.80. The first-order valence-electron chi connectivity index (χ1n) is 7.92. The van der Waals surface area contributed by atoms with E-state index in [0.29, 0.717) is 22.8 Å². The van der Waals surface area contributed by atoms with Crippen LogP contribution in [-0.4, -0.2) is 27.2 Å². The molecule has 0 saturated heterocycles. The van der Waals surface area contributed by atoms with Gasteiger partial charge in [-0.25, -0.2) is 9.78 Å². The van der Waals surface area contributed by atoms with Crippen LogP contribution in [0.5, 0.6) is 5.75 Å². The minimum Gasteiger partial charge on any atom is -0.486 e. The normalized spacial score (nSPS) is 13.2. The van der Waals surface area contributed by atoms with Crippen molar-refractivity contribution in [1.29, 1.82) is 0 Å². The molecule has 0 aliphatic heterocycles.